The molecule has 0 atom stereocenters. The number of nitrogens with zero attached hydrogens (tertiary/aromatic N) is 1. The Hall–Kier alpha value is -1.09. The van der Waals surface area contributed by atoms with Crippen LogP contribution in [0, 0.1) is 6.92 Å². The molecule has 1 aromatic heterocycles. The smallest absolute Gasteiger partial charge is 0.168 e. The van der Waals surface area contributed by atoms with E-state index in [0.717, 1.165) is 21.5 Å². The van der Waals surface area contributed by atoms with Crippen LogP contribution in [0.4, 0.5) is 0 Å². The Kier molecular flexibility index (Phi) is 2.19. The average Bonchev–Trinajstić information content (AvgIpc) is 2.53. The molecule has 0 aliphatic heterocycles. The zero-order valence-corrected chi connectivity index (χ0v) is 8.71. The van der Waals surface area contributed by atoms with E-state index in [0.29, 0.717) is 0 Å². The van der Waals surface area contributed by atoms with Crippen LogP contribution in [0.1, 0.15) is 5.69 Å². The van der Waals surface area contributed by atoms with Crippen molar-refractivity contribution in [3.8, 4) is 11.3 Å². The van der Waals surface area contributed by atoms with Crippen molar-refractivity contribution in [2.75, 3.05) is 0 Å². The Bertz CT molecular complexity index is 422. The van der Waals surface area contributed by atoms with Gasteiger partial charge in [-0.2, -0.15) is 0 Å². The summed E-state index contributed by atoms with van der Waals surface area (Å²) in [5, 5.41) is 3.84. The van der Waals surface area contributed by atoms with Crippen LogP contribution in [0.3, 0.4) is 0 Å². The van der Waals surface area contributed by atoms with E-state index >= 15 is 0 Å². The summed E-state index contributed by atoms with van der Waals surface area (Å²) >= 11 is 3.45. The zero-order chi connectivity index (χ0) is 9.26. The number of hydrogen-bond acceptors (Lipinski definition) is 2. The fourth-order valence-corrected chi connectivity index (χ4v) is 1.63. The monoisotopic (exact) mass is 237 g/mol. The molecule has 2 rings (SSSR count). The minimum atomic E-state index is 0.796. The quantitative estimate of drug-likeness (QED) is 0.760. The highest BCUT2D eigenvalue weighted by atomic mass is 79.9. The molecule has 0 bridgehead atoms. The van der Waals surface area contributed by atoms with Crippen LogP contribution in [0.2, 0.25) is 0 Å². The topological polar surface area (TPSA) is 26.0 Å². The van der Waals surface area contributed by atoms with E-state index in [2.05, 4.69) is 21.1 Å². The molecule has 0 saturated heterocycles. The predicted molar refractivity (Wildman–Crippen MR) is 54.4 cm³/mol. The highest BCUT2D eigenvalue weighted by Crippen LogP contribution is 2.27. The fourth-order valence-electron chi connectivity index (χ4n) is 1.15. The van der Waals surface area contributed by atoms with Gasteiger partial charge in [0.1, 0.15) is 0 Å². The number of rotatable bonds is 1. The van der Waals surface area contributed by atoms with Crippen molar-refractivity contribution < 1.29 is 4.52 Å². The molecule has 0 saturated carbocycles. The van der Waals surface area contributed by atoms with Crippen LogP contribution < -0.4 is 0 Å². The van der Waals surface area contributed by atoms with Crippen LogP contribution in [-0.4, -0.2) is 5.16 Å². The van der Waals surface area contributed by atoms with Crippen LogP contribution in [0.15, 0.2) is 39.3 Å². The van der Waals surface area contributed by atoms with Crippen molar-refractivity contribution in [1.29, 1.82) is 0 Å². The first kappa shape index (κ1) is 8.51. The number of aryl methyl sites for hydroxylation is 1. The van der Waals surface area contributed by atoms with Gasteiger partial charge in [0.2, 0.25) is 0 Å². The Morgan fingerprint density at radius 1 is 1.31 bits per heavy atom. The van der Waals surface area contributed by atoms with Crippen molar-refractivity contribution in [3.05, 3.63) is 40.5 Å². The van der Waals surface area contributed by atoms with E-state index < -0.39 is 0 Å². The lowest BCUT2D eigenvalue weighted by Crippen LogP contribution is -1.74. The van der Waals surface area contributed by atoms with E-state index in [1.54, 1.807) is 0 Å². The second-order valence-electron chi connectivity index (χ2n) is 2.81. The first-order chi connectivity index (χ1) is 6.27. The lowest BCUT2D eigenvalue weighted by Gasteiger charge is -1.97. The molecule has 66 valence electrons. The summed E-state index contributed by atoms with van der Waals surface area (Å²) in [5.74, 6) is 0.796. The van der Waals surface area contributed by atoms with Crippen molar-refractivity contribution in [2.45, 2.75) is 6.92 Å². The van der Waals surface area contributed by atoms with Crippen molar-refractivity contribution >= 4 is 15.9 Å². The molecule has 2 nitrogen and oxygen atoms in total. The molecule has 0 aliphatic rings. The number of halogens is 1. The van der Waals surface area contributed by atoms with Crippen LogP contribution in [-0.2, 0) is 0 Å². The Balaban J connectivity index is 2.52. The number of hydrogen-bond donors (Lipinski definition) is 0. The lowest BCUT2D eigenvalue weighted by molar-refractivity contribution is 0.427. The van der Waals surface area contributed by atoms with Gasteiger partial charge in [-0.3, -0.25) is 0 Å². The molecule has 1 aromatic carbocycles. The third-order valence-corrected chi connectivity index (χ3v) is 2.46. The van der Waals surface area contributed by atoms with Gasteiger partial charge in [-0.1, -0.05) is 33.2 Å². The van der Waals surface area contributed by atoms with E-state index in [1.165, 1.54) is 0 Å². The summed E-state index contributed by atoms with van der Waals surface area (Å²) in [4.78, 5) is 0. The molecule has 0 spiro atoms. The van der Waals surface area contributed by atoms with Crippen LogP contribution >= 0.6 is 15.9 Å². The highest BCUT2D eigenvalue weighted by molar-refractivity contribution is 9.10. The molecule has 2 aromatic rings. The van der Waals surface area contributed by atoms with E-state index in [9.17, 15) is 0 Å². The van der Waals surface area contributed by atoms with Crippen molar-refractivity contribution in [3.63, 3.8) is 0 Å². The zero-order valence-electron chi connectivity index (χ0n) is 7.12. The van der Waals surface area contributed by atoms with E-state index in [4.69, 9.17) is 4.52 Å². The maximum atomic E-state index is 5.15. The Morgan fingerprint density at radius 3 is 2.69 bits per heavy atom. The van der Waals surface area contributed by atoms with Gasteiger partial charge >= 0.3 is 0 Å². The van der Waals surface area contributed by atoms with Crippen molar-refractivity contribution in [2.24, 2.45) is 0 Å². The minimum absolute atomic E-state index is 0.796. The Labute approximate surface area is 84.7 Å². The van der Waals surface area contributed by atoms with Gasteiger partial charge < -0.3 is 4.52 Å². The molecule has 13 heavy (non-hydrogen) atoms. The van der Waals surface area contributed by atoms with Gasteiger partial charge in [0.25, 0.3) is 0 Å². The molecule has 0 amide bonds. The van der Waals surface area contributed by atoms with Gasteiger partial charge in [0, 0.05) is 16.1 Å². The van der Waals surface area contributed by atoms with Crippen molar-refractivity contribution in [1.82, 2.24) is 5.16 Å². The first-order valence-corrected chi connectivity index (χ1v) is 4.75. The van der Waals surface area contributed by atoms with Gasteiger partial charge in [-0.15, -0.1) is 0 Å². The molecule has 0 fully saturated rings. The number of benzene rings is 1. The third kappa shape index (κ3) is 1.65. The Morgan fingerprint density at radius 2 is 2.08 bits per heavy atom. The summed E-state index contributed by atoms with van der Waals surface area (Å²) in [6.45, 7) is 1.91. The fraction of sp³-hybridized carbons (Fsp3) is 0.100. The molecule has 0 aliphatic carbocycles. The van der Waals surface area contributed by atoms with Gasteiger partial charge in [-0.25, -0.2) is 0 Å². The summed E-state index contributed by atoms with van der Waals surface area (Å²) in [6, 6.07) is 9.83. The summed E-state index contributed by atoms with van der Waals surface area (Å²) in [6.07, 6.45) is 0. The second kappa shape index (κ2) is 3.34. The first-order valence-electron chi connectivity index (χ1n) is 3.95. The lowest BCUT2D eigenvalue weighted by atomic mass is 10.2. The third-order valence-electron chi connectivity index (χ3n) is 1.77. The summed E-state index contributed by atoms with van der Waals surface area (Å²) < 4.78 is 6.17. The summed E-state index contributed by atoms with van der Waals surface area (Å²) in [5.41, 5.74) is 1.92. The second-order valence-corrected chi connectivity index (χ2v) is 3.67. The molecule has 0 unspecified atom stereocenters. The van der Waals surface area contributed by atoms with E-state index in [1.807, 2.05) is 37.3 Å². The van der Waals surface area contributed by atoms with Gasteiger partial charge in [0.05, 0.1) is 5.69 Å². The normalized spacial score (nSPS) is 10.3. The maximum Gasteiger partial charge on any atom is 0.168 e. The molecule has 1 heterocycles. The largest absolute Gasteiger partial charge is 0.356 e. The van der Waals surface area contributed by atoms with Gasteiger partial charge in [-0.05, 0) is 19.1 Å². The standard InChI is InChI=1S/C10H8BrNO/c1-7-6-10(13-12-7)8-4-2-3-5-9(8)11/h2-6H,1H3. The maximum absolute atomic E-state index is 5.15. The molecular formula is C10H8BrNO. The minimum Gasteiger partial charge on any atom is -0.356 e. The van der Waals surface area contributed by atoms with E-state index in [-0.39, 0.29) is 0 Å². The molecule has 0 radical (unpaired) electrons. The molecule has 0 N–H and O–H groups in total. The highest BCUT2D eigenvalue weighted by Gasteiger charge is 2.06. The predicted octanol–water partition coefficient (Wildman–Crippen LogP) is 3.41. The van der Waals surface area contributed by atoms with Crippen LogP contribution in [0.25, 0.3) is 11.3 Å². The average molecular weight is 238 g/mol. The van der Waals surface area contributed by atoms with Crippen LogP contribution in [0.5, 0.6) is 0 Å². The molecular weight excluding hydrogens is 230 g/mol. The molecule has 3 heteroatoms. The number of aromatic nitrogens is 1. The summed E-state index contributed by atoms with van der Waals surface area (Å²) in [7, 11) is 0. The SMILES string of the molecule is Cc1cc(-c2ccccc2Br)on1. The van der Waals surface area contributed by atoms with Gasteiger partial charge in [0.15, 0.2) is 5.76 Å².